The minimum atomic E-state index is -4.21. The third kappa shape index (κ3) is 4.18. The van der Waals surface area contributed by atoms with Gasteiger partial charge in [0, 0.05) is 19.4 Å². The Kier molecular flexibility index (Phi) is 4.28. The molecule has 1 aliphatic rings. The molecule has 1 saturated heterocycles. The highest BCUT2D eigenvalue weighted by Crippen LogP contribution is 2.21. The van der Waals surface area contributed by atoms with Gasteiger partial charge in [-0.05, 0) is 12.8 Å². The second-order valence-electron chi connectivity index (χ2n) is 3.67. The number of halogens is 3. The molecule has 0 aliphatic carbocycles. The Labute approximate surface area is 90.8 Å². The zero-order valence-corrected chi connectivity index (χ0v) is 8.59. The van der Waals surface area contributed by atoms with Crippen molar-refractivity contribution < 1.29 is 22.8 Å². The number of hydrogen-bond donors (Lipinski definition) is 1. The molecular weight excluding hydrogens is 225 g/mol. The first kappa shape index (κ1) is 13.0. The fourth-order valence-electron chi connectivity index (χ4n) is 1.48. The molecule has 0 bridgehead atoms. The Morgan fingerprint density at radius 3 is 2.75 bits per heavy atom. The molecule has 1 aliphatic heterocycles. The van der Waals surface area contributed by atoms with Gasteiger partial charge in [0.15, 0.2) is 0 Å². The van der Waals surface area contributed by atoms with E-state index in [1.165, 1.54) is 0 Å². The van der Waals surface area contributed by atoms with Gasteiger partial charge in [0.2, 0.25) is 5.91 Å². The van der Waals surface area contributed by atoms with Gasteiger partial charge < -0.3 is 4.79 Å². The molecule has 1 amide bonds. The SMILES string of the molecule is O=CC1CCC(=O)N(CCCC(F)(F)F)N1. The smallest absolute Gasteiger partial charge is 0.302 e. The number of carbonyl (C=O) groups excluding carboxylic acids is 2. The first-order valence-corrected chi connectivity index (χ1v) is 5.01. The number of carbonyl (C=O) groups is 2. The summed E-state index contributed by atoms with van der Waals surface area (Å²) in [5.74, 6) is -0.264. The lowest BCUT2D eigenvalue weighted by Crippen LogP contribution is -2.53. The van der Waals surface area contributed by atoms with Crippen molar-refractivity contribution in [2.24, 2.45) is 0 Å². The van der Waals surface area contributed by atoms with Crippen molar-refractivity contribution in [1.29, 1.82) is 0 Å². The Morgan fingerprint density at radius 2 is 2.19 bits per heavy atom. The number of aldehydes is 1. The number of hydrogen-bond acceptors (Lipinski definition) is 3. The van der Waals surface area contributed by atoms with Crippen LogP contribution in [-0.2, 0) is 9.59 Å². The topological polar surface area (TPSA) is 49.4 Å². The monoisotopic (exact) mass is 238 g/mol. The summed E-state index contributed by atoms with van der Waals surface area (Å²) in [6.45, 7) is -0.0251. The van der Waals surface area contributed by atoms with Gasteiger partial charge in [0.05, 0.1) is 6.04 Å². The maximum Gasteiger partial charge on any atom is 0.389 e. The molecule has 1 rings (SSSR count). The summed E-state index contributed by atoms with van der Waals surface area (Å²) in [5.41, 5.74) is 2.59. The summed E-state index contributed by atoms with van der Waals surface area (Å²) < 4.78 is 35.6. The van der Waals surface area contributed by atoms with Gasteiger partial charge in [-0.25, -0.2) is 5.43 Å². The molecule has 1 fully saturated rings. The van der Waals surface area contributed by atoms with Crippen molar-refractivity contribution >= 4 is 12.2 Å². The quantitative estimate of drug-likeness (QED) is 0.744. The largest absolute Gasteiger partial charge is 0.389 e. The van der Waals surface area contributed by atoms with Crippen molar-refractivity contribution in [3.05, 3.63) is 0 Å². The van der Waals surface area contributed by atoms with E-state index in [0.29, 0.717) is 12.7 Å². The molecule has 1 atom stereocenters. The number of nitrogens with zero attached hydrogens (tertiary/aromatic N) is 1. The predicted octanol–water partition coefficient (Wildman–Crippen LogP) is 1.02. The maximum absolute atomic E-state index is 11.9. The van der Waals surface area contributed by atoms with Crippen molar-refractivity contribution in [2.75, 3.05) is 6.54 Å². The van der Waals surface area contributed by atoms with Crippen LogP contribution in [0.15, 0.2) is 0 Å². The highest BCUT2D eigenvalue weighted by molar-refractivity contribution is 5.78. The first-order valence-electron chi connectivity index (χ1n) is 5.01. The summed E-state index contributed by atoms with van der Waals surface area (Å²) in [5, 5.41) is 1.11. The molecule has 1 N–H and O–H groups in total. The van der Waals surface area contributed by atoms with Gasteiger partial charge in [-0.15, -0.1) is 0 Å². The molecule has 92 valence electrons. The Balaban J connectivity index is 2.34. The Hall–Kier alpha value is -1.11. The van der Waals surface area contributed by atoms with Gasteiger partial charge in [0.25, 0.3) is 0 Å². The van der Waals surface area contributed by atoms with Crippen LogP contribution < -0.4 is 5.43 Å². The number of rotatable bonds is 4. The number of amides is 1. The van der Waals surface area contributed by atoms with Crippen LogP contribution in [0.2, 0.25) is 0 Å². The van der Waals surface area contributed by atoms with Crippen LogP contribution in [0.25, 0.3) is 0 Å². The van der Waals surface area contributed by atoms with E-state index in [-0.39, 0.29) is 25.3 Å². The van der Waals surface area contributed by atoms with E-state index in [4.69, 9.17) is 0 Å². The molecule has 0 aromatic rings. The van der Waals surface area contributed by atoms with Crippen molar-refractivity contribution in [3.8, 4) is 0 Å². The summed E-state index contributed by atoms with van der Waals surface area (Å²) in [4.78, 5) is 21.7. The average Bonchev–Trinajstić information content (AvgIpc) is 2.19. The van der Waals surface area contributed by atoms with E-state index in [1.807, 2.05) is 0 Å². The third-order valence-electron chi connectivity index (χ3n) is 2.30. The fourth-order valence-corrected chi connectivity index (χ4v) is 1.48. The molecule has 0 spiro atoms. The molecule has 0 radical (unpaired) electrons. The van der Waals surface area contributed by atoms with E-state index >= 15 is 0 Å². The number of alkyl halides is 3. The van der Waals surface area contributed by atoms with Gasteiger partial charge in [-0.2, -0.15) is 13.2 Å². The minimum absolute atomic E-state index is 0.0251. The third-order valence-corrected chi connectivity index (χ3v) is 2.30. The van der Waals surface area contributed by atoms with E-state index in [1.54, 1.807) is 0 Å². The lowest BCUT2D eigenvalue weighted by atomic mass is 10.1. The molecule has 0 aromatic heterocycles. The van der Waals surface area contributed by atoms with Crippen LogP contribution in [-0.4, -0.2) is 36.0 Å². The molecule has 0 aromatic carbocycles. The van der Waals surface area contributed by atoms with Crippen LogP contribution in [0, 0.1) is 0 Å². The summed E-state index contributed by atoms with van der Waals surface area (Å²) >= 11 is 0. The lowest BCUT2D eigenvalue weighted by molar-refractivity contribution is -0.146. The molecule has 1 heterocycles. The second-order valence-corrected chi connectivity index (χ2v) is 3.67. The van der Waals surface area contributed by atoms with E-state index in [2.05, 4.69) is 5.43 Å². The normalized spacial score (nSPS) is 22.3. The zero-order valence-electron chi connectivity index (χ0n) is 8.59. The lowest BCUT2D eigenvalue weighted by Gasteiger charge is -2.31. The molecule has 1 unspecified atom stereocenters. The molecule has 4 nitrogen and oxygen atoms in total. The Bertz CT molecular complexity index is 268. The molecule has 0 saturated carbocycles. The fraction of sp³-hybridized carbons (Fsp3) is 0.778. The van der Waals surface area contributed by atoms with Crippen LogP contribution >= 0.6 is 0 Å². The highest BCUT2D eigenvalue weighted by atomic mass is 19.4. The first-order chi connectivity index (χ1) is 7.42. The average molecular weight is 238 g/mol. The number of nitrogens with one attached hydrogen (secondary N) is 1. The minimum Gasteiger partial charge on any atom is -0.302 e. The Morgan fingerprint density at radius 1 is 1.50 bits per heavy atom. The van der Waals surface area contributed by atoms with Gasteiger partial charge in [0.1, 0.15) is 6.29 Å². The summed E-state index contributed by atoms with van der Waals surface area (Å²) in [6.07, 6.45) is -4.04. The van der Waals surface area contributed by atoms with E-state index in [9.17, 15) is 22.8 Å². The highest BCUT2D eigenvalue weighted by Gasteiger charge is 2.29. The predicted molar refractivity (Wildman–Crippen MR) is 49.2 cm³/mol. The van der Waals surface area contributed by atoms with E-state index < -0.39 is 18.6 Å². The van der Waals surface area contributed by atoms with Crippen LogP contribution in [0.3, 0.4) is 0 Å². The van der Waals surface area contributed by atoms with Crippen LogP contribution in [0.1, 0.15) is 25.7 Å². The number of hydrazine groups is 1. The molecular formula is C9H13F3N2O2. The maximum atomic E-state index is 11.9. The van der Waals surface area contributed by atoms with Crippen LogP contribution in [0.5, 0.6) is 0 Å². The van der Waals surface area contributed by atoms with E-state index in [0.717, 1.165) is 5.01 Å². The summed E-state index contributed by atoms with van der Waals surface area (Å²) in [7, 11) is 0. The standard InChI is InChI=1S/C9H13F3N2O2/c10-9(11,12)4-1-5-14-8(16)3-2-7(6-15)13-14/h6-7,13H,1-5H2. The summed E-state index contributed by atoms with van der Waals surface area (Å²) in [6, 6.07) is -0.469. The van der Waals surface area contributed by atoms with Gasteiger partial charge in [-0.3, -0.25) is 9.80 Å². The van der Waals surface area contributed by atoms with Gasteiger partial charge >= 0.3 is 6.18 Å². The molecule has 16 heavy (non-hydrogen) atoms. The second kappa shape index (κ2) is 5.29. The van der Waals surface area contributed by atoms with Crippen molar-refractivity contribution in [2.45, 2.75) is 37.9 Å². The van der Waals surface area contributed by atoms with Gasteiger partial charge in [-0.1, -0.05) is 0 Å². The zero-order chi connectivity index (χ0) is 12.2. The van der Waals surface area contributed by atoms with Crippen LogP contribution in [0.4, 0.5) is 13.2 Å². The van der Waals surface area contributed by atoms with Crippen molar-refractivity contribution in [3.63, 3.8) is 0 Å². The molecule has 7 heteroatoms. The van der Waals surface area contributed by atoms with Crippen molar-refractivity contribution in [1.82, 2.24) is 10.4 Å².